The molecule has 1 aromatic rings. The lowest BCUT2D eigenvalue weighted by atomic mass is 9.90. The van der Waals surface area contributed by atoms with Gasteiger partial charge >= 0.3 is 0 Å². The molecule has 4 heteroatoms. The highest BCUT2D eigenvalue weighted by Gasteiger charge is 2.20. The van der Waals surface area contributed by atoms with Crippen molar-refractivity contribution in [2.24, 2.45) is 5.92 Å². The molecule has 0 radical (unpaired) electrons. The highest BCUT2D eigenvalue weighted by Crippen LogP contribution is 2.33. The Morgan fingerprint density at radius 2 is 2.10 bits per heavy atom. The number of hydrogen-bond acceptors (Lipinski definition) is 3. The SMILES string of the molecule is C[C@@H]1CC(=O)Nc2ccc(OCC3CCCCC3)cc2O1. The molecule has 1 fully saturated rings. The van der Waals surface area contributed by atoms with Crippen LogP contribution in [0.1, 0.15) is 45.4 Å². The second-order valence-corrected chi connectivity index (χ2v) is 6.15. The number of carbonyl (C=O) groups excluding carboxylic acids is 1. The van der Waals surface area contributed by atoms with E-state index in [0.717, 1.165) is 18.0 Å². The summed E-state index contributed by atoms with van der Waals surface area (Å²) in [6.45, 7) is 2.69. The van der Waals surface area contributed by atoms with E-state index < -0.39 is 0 Å². The molecule has 1 aliphatic heterocycles. The maximum absolute atomic E-state index is 11.7. The predicted molar refractivity (Wildman–Crippen MR) is 81.8 cm³/mol. The molecule has 0 spiro atoms. The molecule has 21 heavy (non-hydrogen) atoms. The molecule has 1 N–H and O–H groups in total. The van der Waals surface area contributed by atoms with E-state index in [-0.39, 0.29) is 12.0 Å². The largest absolute Gasteiger partial charge is 0.493 e. The summed E-state index contributed by atoms with van der Waals surface area (Å²) in [6.07, 6.45) is 6.83. The van der Waals surface area contributed by atoms with Crippen molar-refractivity contribution in [1.29, 1.82) is 0 Å². The molecule has 0 bridgehead atoms. The molecule has 2 aliphatic rings. The zero-order chi connectivity index (χ0) is 14.7. The number of hydrogen-bond donors (Lipinski definition) is 1. The Bertz CT molecular complexity index is 509. The van der Waals surface area contributed by atoms with Crippen molar-refractivity contribution in [3.8, 4) is 11.5 Å². The summed E-state index contributed by atoms with van der Waals surface area (Å²) in [5, 5.41) is 2.87. The van der Waals surface area contributed by atoms with Crippen LogP contribution < -0.4 is 14.8 Å². The van der Waals surface area contributed by atoms with Crippen molar-refractivity contribution in [2.75, 3.05) is 11.9 Å². The zero-order valence-corrected chi connectivity index (χ0v) is 12.6. The van der Waals surface area contributed by atoms with Gasteiger partial charge in [-0.3, -0.25) is 4.79 Å². The molecule has 1 saturated carbocycles. The number of amides is 1. The minimum atomic E-state index is -0.111. The van der Waals surface area contributed by atoms with Crippen LogP contribution in [0.25, 0.3) is 0 Å². The van der Waals surface area contributed by atoms with E-state index in [1.165, 1.54) is 32.1 Å². The number of fused-ring (bicyclic) bond motifs is 1. The van der Waals surface area contributed by atoms with Gasteiger partial charge in [-0.05, 0) is 37.8 Å². The van der Waals surface area contributed by atoms with Crippen LogP contribution in [0.5, 0.6) is 11.5 Å². The fourth-order valence-electron chi connectivity index (χ4n) is 3.08. The Morgan fingerprint density at radius 3 is 2.90 bits per heavy atom. The van der Waals surface area contributed by atoms with Crippen LogP contribution in [0, 0.1) is 5.92 Å². The lowest BCUT2D eigenvalue weighted by molar-refractivity contribution is -0.117. The van der Waals surface area contributed by atoms with E-state index in [0.29, 0.717) is 18.1 Å². The number of carbonyl (C=O) groups is 1. The molecule has 1 aromatic carbocycles. The minimum Gasteiger partial charge on any atom is -0.493 e. The van der Waals surface area contributed by atoms with Gasteiger partial charge in [-0.1, -0.05) is 19.3 Å². The Morgan fingerprint density at radius 1 is 1.29 bits per heavy atom. The summed E-state index contributed by atoms with van der Waals surface area (Å²) in [6, 6.07) is 5.66. The Kier molecular flexibility index (Phi) is 4.32. The lowest BCUT2D eigenvalue weighted by Gasteiger charge is -2.22. The first-order chi connectivity index (χ1) is 10.2. The predicted octanol–water partition coefficient (Wildman–Crippen LogP) is 3.76. The van der Waals surface area contributed by atoms with E-state index in [1.54, 1.807) is 0 Å². The maximum Gasteiger partial charge on any atom is 0.228 e. The van der Waals surface area contributed by atoms with Crippen LogP contribution in [0.3, 0.4) is 0 Å². The van der Waals surface area contributed by atoms with Gasteiger partial charge in [0.25, 0.3) is 0 Å². The third kappa shape index (κ3) is 3.69. The smallest absolute Gasteiger partial charge is 0.228 e. The molecular formula is C17H23NO3. The molecule has 114 valence electrons. The zero-order valence-electron chi connectivity index (χ0n) is 12.6. The van der Waals surface area contributed by atoms with E-state index in [1.807, 2.05) is 25.1 Å². The Labute approximate surface area is 125 Å². The number of nitrogens with one attached hydrogen (secondary N) is 1. The van der Waals surface area contributed by atoms with Crippen LogP contribution in [0.15, 0.2) is 18.2 Å². The fraction of sp³-hybridized carbons (Fsp3) is 0.588. The van der Waals surface area contributed by atoms with Crippen LogP contribution in [-0.2, 0) is 4.79 Å². The van der Waals surface area contributed by atoms with Crippen LogP contribution in [0.4, 0.5) is 5.69 Å². The van der Waals surface area contributed by atoms with Crippen molar-refractivity contribution in [1.82, 2.24) is 0 Å². The van der Waals surface area contributed by atoms with Crippen molar-refractivity contribution < 1.29 is 14.3 Å². The Hall–Kier alpha value is -1.71. The van der Waals surface area contributed by atoms with Crippen LogP contribution in [0.2, 0.25) is 0 Å². The van der Waals surface area contributed by atoms with Crippen molar-refractivity contribution in [3.63, 3.8) is 0 Å². The monoisotopic (exact) mass is 289 g/mol. The van der Waals surface area contributed by atoms with E-state index in [4.69, 9.17) is 9.47 Å². The minimum absolute atomic E-state index is 0.00266. The summed E-state index contributed by atoms with van der Waals surface area (Å²) < 4.78 is 11.7. The third-order valence-corrected chi connectivity index (χ3v) is 4.24. The van der Waals surface area contributed by atoms with Gasteiger partial charge < -0.3 is 14.8 Å². The molecule has 0 aromatic heterocycles. The van der Waals surface area contributed by atoms with E-state index >= 15 is 0 Å². The highest BCUT2D eigenvalue weighted by atomic mass is 16.5. The quantitative estimate of drug-likeness (QED) is 0.921. The van der Waals surface area contributed by atoms with Gasteiger partial charge in [-0.2, -0.15) is 0 Å². The second kappa shape index (κ2) is 6.37. The van der Waals surface area contributed by atoms with Gasteiger partial charge in [0.15, 0.2) is 0 Å². The fourth-order valence-corrected chi connectivity index (χ4v) is 3.08. The Balaban J connectivity index is 1.66. The summed E-state index contributed by atoms with van der Waals surface area (Å²) in [7, 11) is 0. The molecule has 3 rings (SSSR count). The number of ether oxygens (including phenoxy) is 2. The van der Waals surface area contributed by atoms with Gasteiger partial charge in [0.05, 0.1) is 18.7 Å². The molecule has 1 amide bonds. The average molecular weight is 289 g/mol. The molecular weight excluding hydrogens is 266 g/mol. The standard InChI is InChI=1S/C17H23NO3/c1-12-9-17(19)18-15-8-7-14(10-16(15)21-12)20-11-13-5-3-2-4-6-13/h7-8,10,12-13H,2-6,9,11H2,1H3,(H,18,19)/t12-/m1/s1. The van der Waals surface area contributed by atoms with Gasteiger partial charge in [-0.15, -0.1) is 0 Å². The highest BCUT2D eigenvalue weighted by molar-refractivity contribution is 5.93. The van der Waals surface area contributed by atoms with Crippen molar-refractivity contribution in [2.45, 2.75) is 51.6 Å². The van der Waals surface area contributed by atoms with Gasteiger partial charge in [0.1, 0.15) is 17.6 Å². The molecule has 1 heterocycles. The summed E-state index contributed by atoms with van der Waals surface area (Å²) in [5.41, 5.74) is 0.731. The summed E-state index contributed by atoms with van der Waals surface area (Å²) >= 11 is 0. The first-order valence-corrected chi connectivity index (χ1v) is 7.94. The van der Waals surface area contributed by atoms with Gasteiger partial charge in [0, 0.05) is 6.07 Å². The van der Waals surface area contributed by atoms with Crippen molar-refractivity contribution in [3.05, 3.63) is 18.2 Å². The first-order valence-electron chi connectivity index (χ1n) is 7.94. The van der Waals surface area contributed by atoms with Crippen LogP contribution >= 0.6 is 0 Å². The van der Waals surface area contributed by atoms with Crippen molar-refractivity contribution >= 4 is 11.6 Å². The van der Waals surface area contributed by atoms with E-state index in [9.17, 15) is 4.79 Å². The molecule has 0 unspecified atom stereocenters. The van der Waals surface area contributed by atoms with E-state index in [2.05, 4.69) is 5.32 Å². The molecule has 1 aliphatic carbocycles. The number of anilines is 1. The summed E-state index contributed by atoms with van der Waals surface area (Å²) in [4.78, 5) is 11.7. The number of rotatable bonds is 3. The van der Waals surface area contributed by atoms with Gasteiger partial charge in [-0.25, -0.2) is 0 Å². The number of benzene rings is 1. The molecule has 4 nitrogen and oxygen atoms in total. The normalized spacial score (nSPS) is 22.7. The maximum atomic E-state index is 11.7. The van der Waals surface area contributed by atoms with Crippen LogP contribution in [-0.4, -0.2) is 18.6 Å². The topological polar surface area (TPSA) is 47.6 Å². The third-order valence-electron chi connectivity index (χ3n) is 4.24. The average Bonchev–Trinajstić information content (AvgIpc) is 2.62. The van der Waals surface area contributed by atoms with Gasteiger partial charge in [0.2, 0.25) is 5.91 Å². The first kappa shape index (κ1) is 14.2. The molecule has 1 atom stereocenters. The lowest BCUT2D eigenvalue weighted by Crippen LogP contribution is -2.17. The second-order valence-electron chi connectivity index (χ2n) is 6.15. The molecule has 0 saturated heterocycles. The summed E-state index contributed by atoms with van der Waals surface area (Å²) in [5.74, 6) is 2.20.